The third-order valence-corrected chi connectivity index (χ3v) is 4.85. The summed E-state index contributed by atoms with van der Waals surface area (Å²) in [5.41, 5.74) is 0. The number of nitrogens with zero attached hydrogens (tertiary/aromatic N) is 1. The summed E-state index contributed by atoms with van der Waals surface area (Å²) < 4.78 is 0. The van der Waals surface area contributed by atoms with Gasteiger partial charge in [0.25, 0.3) is 0 Å². The Hall–Kier alpha value is -1.26. The van der Waals surface area contributed by atoms with Crippen molar-refractivity contribution in [3.8, 4) is 0 Å². The maximum Gasteiger partial charge on any atom is 0.326 e. The number of urea groups is 1. The molecule has 1 aliphatic heterocycles. The minimum absolute atomic E-state index is 0.150. The normalized spacial score (nSPS) is 27.2. The topological polar surface area (TPSA) is 69.6 Å². The van der Waals surface area contributed by atoms with Crippen LogP contribution in [0.3, 0.4) is 0 Å². The summed E-state index contributed by atoms with van der Waals surface area (Å²) in [6, 6.07) is -0.500. The lowest BCUT2D eigenvalue weighted by Gasteiger charge is -2.29. The number of rotatable bonds is 4. The Morgan fingerprint density at radius 2 is 1.65 bits per heavy atom. The molecule has 0 spiro atoms. The molecule has 2 N–H and O–H groups in total. The number of carbonyl (C=O) groups excluding carboxylic acids is 1. The number of hydrogen-bond donors (Lipinski definition) is 2. The van der Waals surface area contributed by atoms with Gasteiger partial charge in [0, 0.05) is 12.6 Å². The van der Waals surface area contributed by atoms with Gasteiger partial charge < -0.3 is 15.3 Å². The molecule has 1 unspecified atom stereocenters. The molecule has 3 fully saturated rings. The second-order valence-electron chi connectivity index (χ2n) is 6.55. The fraction of sp³-hybridized carbons (Fsp3) is 0.867. The number of carboxylic acids is 1. The van der Waals surface area contributed by atoms with Crippen LogP contribution in [0, 0.1) is 11.8 Å². The van der Waals surface area contributed by atoms with E-state index >= 15 is 0 Å². The van der Waals surface area contributed by atoms with E-state index in [4.69, 9.17) is 0 Å². The molecular formula is C15H24N2O3. The van der Waals surface area contributed by atoms with E-state index in [0.717, 1.165) is 19.3 Å². The maximum absolute atomic E-state index is 12.5. The first-order chi connectivity index (χ1) is 9.66. The van der Waals surface area contributed by atoms with Crippen molar-refractivity contribution in [3.05, 3.63) is 0 Å². The number of carbonyl (C=O) groups is 2. The maximum atomic E-state index is 12.5. The number of aliphatic carboxylic acids is 1. The van der Waals surface area contributed by atoms with Crippen LogP contribution in [0.25, 0.3) is 0 Å². The summed E-state index contributed by atoms with van der Waals surface area (Å²) in [5.74, 6) is 0.417. The third-order valence-electron chi connectivity index (χ3n) is 4.85. The molecule has 2 amide bonds. The largest absolute Gasteiger partial charge is 0.480 e. The van der Waals surface area contributed by atoms with Gasteiger partial charge in [-0.3, -0.25) is 0 Å². The van der Waals surface area contributed by atoms with Gasteiger partial charge in [0.15, 0.2) is 0 Å². The predicted octanol–water partition coefficient (Wildman–Crippen LogP) is 2.21. The van der Waals surface area contributed by atoms with Crippen LogP contribution in [0.15, 0.2) is 0 Å². The van der Waals surface area contributed by atoms with Gasteiger partial charge >= 0.3 is 12.0 Å². The molecular weight excluding hydrogens is 256 g/mol. The molecule has 0 radical (unpaired) electrons. The Balaban J connectivity index is 1.64. The summed E-state index contributed by atoms with van der Waals surface area (Å²) in [6.45, 7) is 0.574. The quantitative estimate of drug-likeness (QED) is 0.829. The number of carboxylic acid groups (broad SMARTS) is 1. The van der Waals surface area contributed by atoms with Crippen LogP contribution in [-0.2, 0) is 4.79 Å². The average Bonchev–Trinajstić information content (AvgIpc) is 3.32. The molecule has 5 nitrogen and oxygen atoms in total. The van der Waals surface area contributed by atoms with E-state index in [-0.39, 0.29) is 6.03 Å². The van der Waals surface area contributed by atoms with Crippen molar-refractivity contribution < 1.29 is 14.7 Å². The Morgan fingerprint density at radius 1 is 1.00 bits per heavy atom. The zero-order valence-corrected chi connectivity index (χ0v) is 11.9. The molecule has 5 heteroatoms. The Morgan fingerprint density at radius 3 is 2.20 bits per heavy atom. The van der Waals surface area contributed by atoms with Gasteiger partial charge in [-0.15, -0.1) is 0 Å². The van der Waals surface area contributed by atoms with Crippen LogP contribution in [0.2, 0.25) is 0 Å². The van der Waals surface area contributed by atoms with Gasteiger partial charge in [0.2, 0.25) is 0 Å². The number of nitrogens with one attached hydrogen (secondary N) is 1. The molecule has 1 saturated heterocycles. The molecule has 3 rings (SSSR count). The van der Waals surface area contributed by atoms with E-state index in [1.54, 1.807) is 4.90 Å². The third kappa shape index (κ3) is 3.07. The lowest BCUT2D eigenvalue weighted by atomic mass is 10.1. The molecule has 2 saturated carbocycles. The monoisotopic (exact) mass is 280 g/mol. The van der Waals surface area contributed by atoms with E-state index in [1.165, 1.54) is 25.7 Å². The van der Waals surface area contributed by atoms with E-state index in [2.05, 4.69) is 5.32 Å². The zero-order valence-electron chi connectivity index (χ0n) is 11.9. The highest BCUT2D eigenvalue weighted by molar-refractivity contribution is 5.83. The van der Waals surface area contributed by atoms with E-state index in [0.29, 0.717) is 30.8 Å². The zero-order chi connectivity index (χ0) is 14.1. The molecule has 112 valence electrons. The van der Waals surface area contributed by atoms with Crippen molar-refractivity contribution in [1.82, 2.24) is 10.2 Å². The highest BCUT2D eigenvalue weighted by atomic mass is 16.4. The first-order valence-corrected chi connectivity index (χ1v) is 7.97. The smallest absolute Gasteiger partial charge is 0.326 e. The van der Waals surface area contributed by atoms with Gasteiger partial charge in [-0.2, -0.15) is 0 Å². The second kappa shape index (κ2) is 5.62. The fourth-order valence-electron chi connectivity index (χ4n) is 3.36. The fourth-order valence-corrected chi connectivity index (χ4v) is 3.36. The lowest BCUT2D eigenvalue weighted by molar-refractivity contribution is -0.142. The number of amides is 2. The standard InChI is InChI=1S/C15H24N2O3/c18-14(19)12-4-2-1-3-9-17(12)15(20)16-13(10-5-6-10)11-7-8-11/h10-13H,1-9H2,(H,16,20)(H,18,19). The number of hydrogen-bond acceptors (Lipinski definition) is 2. The highest BCUT2D eigenvalue weighted by Crippen LogP contribution is 2.44. The van der Waals surface area contributed by atoms with Crippen molar-refractivity contribution in [3.63, 3.8) is 0 Å². The minimum atomic E-state index is -0.864. The molecule has 0 aromatic heterocycles. The molecule has 0 aromatic carbocycles. The van der Waals surface area contributed by atoms with Gasteiger partial charge in [-0.25, -0.2) is 9.59 Å². The second-order valence-corrected chi connectivity index (χ2v) is 6.55. The van der Waals surface area contributed by atoms with E-state index < -0.39 is 12.0 Å². The summed E-state index contributed by atoms with van der Waals surface area (Å²) in [7, 11) is 0. The van der Waals surface area contributed by atoms with Crippen LogP contribution >= 0.6 is 0 Å². The van der Waals surface area contributed by atoms with Crippen LogP contribution in [-0.4, -0.2) is 40.6 Å². The molecule has 0 bridgehead atoms. The molecule has 20 heavy (non-hydrogen) atoms. The average molecular weight is 280 g/mol. The highest BCUT2D eigenvalue weighted by Gasteiger charge is 2.43. The molecule has 3 aliphatic rings. The number of likely N-dealkylation sites (tertiary alicyclic amines) is 1. The first-order valence-electron chi connectivity index (χ1n) is 7.97. The SMILES string of the molecule is O=C(O)C1CCCCCN1C(=O)NC(C1CC1)C1CC1. The van der Waals surface area contributed by atoms with Gasteiger partial charge in [-0.1, -0.05) is 12.8 Å². The van der Waals surface area contributed by atoms with Crippen molar-refractivity contribution in [2.75, 3.05) is 6.54 Å². The predicted molar refractivity (Wildman–Crippen MR) is 74.4 cm³/mol. The summed E-state index contributed by atoms with van der Waals surface area (Å²) in [4.78, 5) is 25.4. The Bertz CT molecular complexity index is 379. The molecule has 1 atom stereocenters. The summed E-state index contributed by atoms with van der Waals surface area (Å²) in [6.07, 6.45) is 8.26. The van der Waals surface area contributed by atoms with Gasteiger partial charge in [-0.05, 0) is 50.4 Å². The van der Waals surface area contributed by atoms with Gasteiger partial charge in [0.05, 0.1) is 0 Å². The Kier molecular flexibility index (Phi) is 3.85. The Labute approximate surface area is 119 Å². The first kappa shape index (κ1) is 13.7. The molecule has 2 aliphatic carbocycles. The van der Waals surface area contributed by atoms with Crippen LogP contribution < -0.4 is 5.32 Å². The van der Waals surface area contributed by atoms with Crippen LogP contribution in [0.4, 0.5) is 4.79 Å². The van der Waals surface area contributed by atoms with E-state index in [1.807, 2.05) is 0 Å². The van der Waals surface area contributed by atoms with Gasteiger partial charge in [0.1, 0.15) is 6.04 Å². The lowest BCUT2D eigenvalue weighted by Crippen LogP contribution is -2.52. The summed E-state index contributed by atoms with van der Waals surface area (Å²) >= 11 is 0. The minimum Gasteiger partial charge on any atom is -0.480 e. The van der Waals surface area contributed by atoms with Crippen molar-refractivity contribution >= 4 is 12.0 Å². The summed E-state index contributed by atoms with van der Waals surface area (Å²) in [5, 5.41) is 12.5. The van der Waals surface area contributed by atoms with Crippen molar-refractivity contribution in [2.45, 2.75) is 63.5 Å². The van der Waals surface area contributed by atoms with Crippen molar-refractivity contribution in [2.24, 2.45) is 11.8 Å². The van der Waals surface area contributed by atoms with Crippen LogP contribution in [0.5, 0.6) is 0 Å². The molecule has 1 heterocycles. The van der Waals surface area contributed by atoms with E-state index in [9.17, 15) is 14.7 Å². The van der Waals surface area contributed by atoms with Crippen molar-refractivity contribution in [1.29, 1.82) is 0 Å². The molecule has 0 aromatic rings. The van der Waals surface area contributed by atoms with Crippen LogP contribution in [0.1, 0.15) is 51.4 Å².